The zero-order valence-corrected chi connectivity index (χ0v) is 12.4. The molecule has 2 atom stereocenters. The van der Waals surface area contributed by atoms with E-state index in [9.17, 15) is 4.79 Å². The molecule has 7 heteroatoms. The van der Waals surface area contributed by atoms with Gasteiger partial charge in [-0.1, -0.05) is 18.5 Å². The molecular weight excluding hydrogens is 278 g/mol. The molecule has 0 aromatic heterocycles. The van der Waals surface area contributed by atoms with Crippen LogP contribution in [-0.4, -0.2) is 52.6 Å². The van der Waals surface area contributed by atoms with Crippen molar-refractivity contribution in [3.63, 3.8) is 0 Å². The van der Waals surface area contributed by atoms with Gasteiger partial charge in [-0.25, -0.2) is 4.79 Å². The van der Waals surface area contributed by atoms with Crippen molar-refractivity contribution in [3.05, 3.63) is 11.8 Å². The summed E-state index contributed by atoms with van der Waals surface area (Å²) in [6.45, 7) is 6.12. The number of halogens is 1. The highest BCUT2D eigenvalue weighted by atomic mass is 35.5. The van der Waals surface area contributed by atoms with Gasteiger partial charge in [0.1, 0.15) is 11.0 Å². The van der Waals surface area contributed by atoms with Crippen LogP contribution in [0.3, 0.4) is 0 Å². The summed E-state index contributed by atoms with van der Waals surface area (Å²) in [5, 5.41) is 10.00. The Morgan fingerprint density at radius 1 is 1.60 bits per heavy atom. The van der Waals surface area contributed by atoms with E-state index in [2.05, 4.69) is 29.3 Å². The molecule has 3 heterocycles. The molecule has 0 bridgehead atoms. The summed E-state index contributed by atoms with van der Waals surface area (Å²) >= 11 is 6.04. The number of nitrogens with zero attached hydrogens (tertiary/aromatic N) is 4. The van der Waals surface area contributed by atoms with Gasteiger partial charge < -0.3 is 5.32 Å². The van der Waals surface area contributed by atoms with E-state index in [4.69, 9.17) is 11.6 Å². The second-order valence-electron chi connectivity index (χ2n) is 5.23. The van der Waals surface area contributed by atoms with Crippen LogP contribution in [0.5, 0.6) is 0 Å². The molecule has 1 N–H and O–H groups in total. The zero-order valence-electron chi connectivity index (χ0n) is 11.6. The highest BCUT2D eigenvalue weighted by molar-refractivity contribution is 6.68. The van der Waals surface area contributed by atoms with Crippen LogP contribution < -0.4 is 5.32 Å². The molecule has 1 fully saturated rings. The molecule has 2 amide bonds. The van der Waals surface area contributed by atoms with Crippen molar-refractivity contribution in [1.82, 2.24) is 15.2 Å². The van der Waals surface area contributed by atoms with Crippen molar-refractivity contribution in [2.75, 3.05) is 19.6 Å². The molecule has 0 spiro atoms. The van der Waals surface area contributed by atoms with E-state index in [1.165, 1.54) is 0 Å². The van der Waals surface area contributed by atoms with Crippen LogP contribution in [-0.2, 0) is 0 Å². The zero-order chi connectivity index (χ0) is 14.3. The Hall–Kier alpha value is -1.56. The summed E-state index contributed by atoms with van der Waals surface area (Å²) in [5.41, 5.74) is 1.05. The van der Waals surface area contributed by atoms with Crippen LogP contribution in [0.2, 0.25) is 0 Å². The van der Waals surface area contributed by atoms with Gasteiger partial charge >= 0.3 is 6.03 Å². The van der Waals surface area contributed by atoms with E-state index in [1.54, 1.807) is 4.90 Å². The second kappa shape index (κ2) is 5.09. The van der Waals surface area contributed by atoms with Gasteiger partial charge in [-0.3, -0.25) is 14.9 Å². The molecule has 3 aliphatic rings. The lowest BCUT2D eigenvalue weighted by Gasteiger charge is -2.26. The first-order valence-corrected chi connectivity index (χ1v) is 7.34. The van der Waals surface area contributed by atoms with Crippen LogP contribution in [0.1, 0.15) is 20.3 Å². The third kappa shape index (κ3) is 2.08. The molecule has 0 radical (unpaired) electrons. The SMILES string of the molecule is CCC(C)N1N=C(N2CCNC2=O)C2CN=C(Cl)C=C21. The highest BCUT2D eigenvalue weighted by Crippen LogP contribution is 2.33. The van der Waals surface area contributed by atoms with Crippen LogP contribution in [0.4, 0.5) is 4.79 Å². The summed E-state index contributed by atoms with van der Waals surface area (Å²) in [6, 6.07) is 0.198. The normalized spacial score (nSPS) is 26.9. The number of hydrogen-bond donors (Lipinski definition) is 1. The Kier molecular flexibility index (Phi) is 3.41. The molecular formula is C13H18ClN5O. The fourth-order valence-electron chi connectivity index (χ4n) is 2.68. The smallest absolute Gasteiger partial charge is 0.322 e. The van der Waals surface area contributed by atoms with Gasteiger partial charge in [0.2, 0.25) is 0 Å². The largest absolute Gasteiger partial charge is 0.336 e. The predicted molar refractivity (Wildman–Crippen MR) is 78.9 cm³/mol. The van der Waals surface area contributed by atoms with Crippen molar-refractivity contribution in [3.8, 4) is 0 Å². The van der Waals surface area contributed by atoms with E-state index in [0.29, 0.717) is 24.8 Å². The third-order valence-corrected chi connectivity index (χ3v) is 4.21. The number of carbonyl (C=O) groups excluding carboxylic acids is 1. The van der Waals surface area contributed by atoms with Gasteiger partial charge in [-0.05, 0) is 19.4 Å². The maximum absolute atomic E-state index is 11.9. The van der Waals surface area contributed by atoms with E-state index in [-0.39, 0.29) is 18.0 Å². The Morgan fingerprint density at radius 2 is 2.40 bits per heavy atom. The number of dihydropyridines is 1. The topological polar surface area (TPSA) is 60.3 Å². The Morgan fingerprint density at radius 3 is 3.05 bits per heavy atom. The number of amides is 2. The second-order valence-corrected chi connectivity index (χ2v) is 5.62. The first kappa shape index (κ1) is 13.4. The number of aliphatic imine (C=N–C) groups is 1. The van der Waals surface area contributed by atoms with Gasteiger partial charge in [0.05, 0.1) is 18.2 Å². The number of fused-ring (bicyclic) bond motifs is 1. The average Bonchev–Trinajstić information content (AvgIpc) is 3.01. The number of amidine groups is 1. The van der Waals surface area contributed by atoms with Crippen LogP contribution in [0, 0.1) is 5.92 Å². The quantitative estimate of drug-likeness (QED) is 0.841. The molecule has 20 heavy (non-hydrogen) atoms. The molecule has 1 saturated heterocycles. The Balaban J connectivity index is 1.95. The van der Waals surface area contributed by atoms with Crippen molar-refractivity contribution in [1.29, 1.82) is 0 Å². The minimum absolute atomic E-state index is 0.0374. The van der Waals surface area contributed by atoms with E-state index < -0.39 is 0 Å². The van der Waals surface area contributed by atoms with E-state index in [1.807, 2.05) is 11.1 Å². The molecule has 2 unspecified atom stereocenters. The number of nitrogens with one attached hydrogen (secondary N) is 1. The monoisotopic (exact) mass is 295 g/mol. The molecule has 3 aliphatic heterocycles. The molecule has 6 nitrogen and oxygen atoms in total. The standard InChI is InChI=1S/C13H18ClN5O/c1-3-8(2)19-10-6-11(14)16-7-9(10)12(17-19)18-5-4-15-13(18)20/h6,8-9H,3-5,7H2,1-2H3,(H,15,20). The predicted octanol–water partition coefficient (Wildman–Crippen LogP) is 1.59. The van der Waals surface area contributed by atoms with Crippen LogP contribution in [0.25, 0.3) is 0 Å². The van der Waals surface area contributed by atoms with Crippen molar-refractivity contribution < 1.29 is 4.79 Å². The van der Waals surface area contributed by atoms with Crippen molar-refractivity contribution >= 4 is 28.6 Å². The summed E-state index contributed by atoms with van der Waals surface area (Å²) < 4.78 is 0. The molecule has 0 saturated carbocycles. The maximum atomic E-state index is 11.9. The minimum Gasteiger partial charge on any atom is -0.336 e. The molecule has 0 aliphatic carbocycles. The van der Waals surface area contributed by atoms with E-state index >= 15 is 0 Å². The summed E-state index contributed by atoms with van der Waals surface area (Å²) in [6.07, 6.45) is 2.84. The van der Waals surface area contributed by atoms with Crippen LogP contribution >= 0.6 is 11.6 Å². The number of carbonyl (C=O) groups is 1. The first-order chi connectivity index (χ1) is 9.61. The van der Waals surface area contributed by atoms with Gasteiger partial charge in [-0.2, -0.15) is 5.10 Å². The van der Waals surface area contributed by atoms with Gasteiger partial charge in [0.15, 0.2) is 0 Å². The van der Waals surface area contributed by atoms with E-state index in [0.717, 1.165) is 18.0 Å². The number of allylic oxidation sites excluding steroid dienone is 1. The number of hydrogen-bond acceptors (Lipinski definition) is 4. The fraction of sp³-hybridized carbons (Fsp3) is 0.615. The van der Waals surface area contributed by atoms with Gasteiger partial charge in [0.25, 0.3) is 0 Å². The molecule has 0 aromatic rings. The lowest BCUT2D eigenvalue weighted by molar-refractivity contribution is 0.233. The van der Waals surface area contributed by atoms with Crippen LogP contribution in [0.15, 0.2) is 21.9 Å². The Labute approximate surface area is 123 Å². The number of hydrazone groups is 1. The molecule has 3 rings (SSSR count). The minimum atomic E-state index is -0.0743. The summed E-state index contributed by atoms with van der Waals surface area (Å²) in [4.78, 5) is 17.9. The number of rotatable bonds is 2. The molecule has 0 aromatic carbocycles. The average molecular weight is 296 g/mol. The van der Waals surface area contributed by atoms with Gasteiger partial charge in [0, 0.05) is 19.1 Å². The number of urea groups is 1. The lowest BCUT2D eigenvalue weighted by atomic mass is 10.0. The lowest BCUT2D eigenvalue weighted by Crippen LogP contribution is -2.39. The summed E-state index contributed by atoms with van der Waals surface area (Å²) in [5.74, 6) is 0.829. The third-order valence-electron chi connectivity index (χ3n) is 3.98. The van der Waals surface area contributed by atoms with Gasteiger partial charge in [-0.15, -0.1) is 0 Å². The molecule has 108 valence electrons. The highest BCUT2D eigenvalue weighted by Gasteiger charge is 2.41. The van der Waals surface area contributed by atoms with Crippen molar-refractivity contribution in [2.45, 2.75) is 26.3 Å². The Bertz CT molecular complexity index is 527. The van der Waals surface area contributed by atoms with Crippen molar-refractivity contribution in [2.24, 2.45) is 16.0 Å². The maximum Gasteiger partial charge on any atom is 0.322 e. The summed E-state index contributed by atoms with van der Waals surface area (Å²) in [7, 11) is 0. The fourth-order valence-corrected chi connectivity index (χ4v) is 2.86. The first-order valence-electron chi connectivity index (χ1n) is 6.96.